The Morgan fingerprint density at radius 1 is 1.09 bits per heavy atom. The molecule has 0 unspecified atom stereocenters. The molecule has 1 spiro atoms. The van der Waals surface area contributed by atoms with Gasteiger partial charge in [0.15, 0.2) is 5.82 Å². The van der Waals surface area contributed by atoms with Crippen molar-refractivity contribution in [1.29, 1.82) is 0 Å². The van der Waals surface area contributed by atoms with E-state index in [1.807, 2.05) is 23.8 Å². The highest BCUT2D eigenvalue weighted by Crippen LogP contribution is 2.56. The predicted molar refractivity (Wildman–Crippen MR) is 122 cm³/mol. The Kier molecular flexibility index (Phi) is 4.94. The van der Waals surface area contributed by atoms with E-state index in [1.165, 1.54) is 4.90 Å². The molecule has 0 radical (unpaired) electrons. The number of pyridine rings is 1. The maximum Gasteiger partial charge on any atom is 0.401 e. The van der Waals surface area contributed by atoms with Crippen molar-refractivity contribution in [1.82, 2.24) is 24.6 Å². The van der Waals surface area contributed by atoms with E-state index in [9.17, 15) is 13.2 Å². The number of nitrogens with zero attached hydrogens (tertiary/aromatic N) is 6. The average Bonchev–Trinajstić information content (AvgIpc) is 3.02. The number of rotatable bonds is 3. The number of aromatic nitrogens is 4. The molecule has 178 valence electrons. The van der Waals surface area contributed by atoms with Crippen molar-refractivity contribution in [2.24, 2.45) is 5.41 Å². The Bertz CT molecular complexity index is 1220. The zero-order valence-electron chi connectivity index (χ0n) is 18.7. The number of alkyl halides is 3. The lowest BCUT2D eigenvalue weighted by Crippen LogP contribution is -2.62. The fourth-order valence-electron chi connectivity index (χ4n) is 5.72. The first kappa shape index (κ1) is 21.9. The molecule has 34 heavy (non-hydrogen) atoms. The molecular weight excluding hydrogens is 465 g/mol. The van der Waals surface area contributed by atoms with Crippen molar-refractivity contribution in [3.8, 4) is 5.69 Å². The third-order valence-electron chi connectivity index (χ3n) is 7.20. The SMILES string of the molecule is Cc1ccc(N2CC3(CC(c4nnc5n4-c4ccc(Cl)cc4CN(CC(F)(F)F)C5)C3)C2)nc1. The van der Waals surface area contributed by atoms with Crippen molar-refractivity contribution in [3.05, 3.63) is 64.3 Å². The van der Waals surface area contributed by atoms with Crippen LogP contribution in [0, 0.1) is 12.3 Å². The molecule has 0 atom stereocenters. The highest BCUT2D eigenvalue weighted by molar-refractivity contribution is 6.30. The standard InChI is InChI=1S/C24H24ClF3N6/c1-15-2-5-20(29-9-15)33-12-23(13-33)7-17(8-23)22-31-30-21-11-32(14-24(26,27)28)10-16-6-18(25)3-4-19(16)34(21)22/h2-6,9,17H,7-8,10-14H2,1H3. The average molecular weight is 489 g/mol. The maximum absolute atomic E-state index is 13.2. The normalized spacial score (nSPS) is 19.9. The van der Waals surface area contributed by atoms with Gasteiger partial charge in [0.05, 0.1) is 18.8 Å². The minimum Gasteiger partial charge on any atom is -0.355 e. The molecule has 2 fully saturated rings. The largest absolute Gasteiger partial charge is 0.401 e. The van der Waals surface area contributed by atoms with Gasteiger partial charge >= 0.3 is 6.18 Å². The van der Waals surface area contributed by atoms with Gasteiger partial charge in [0, 0.05) is 42.2 Å². The van der Waals surface area contributed by atoms with Gasteiger partial charge in [0.2, 0.25) is 0 Å². The van der Waals surface area contributed by atoms with Crippen LogP contribution in [-0.2, 0) is 13.1 Å². The van der Waals surface area contributed by atoms with Crippen LogP contribution in [-0.4, -0.2) is 50.5 Å². The molecule has 4 heterocycles. The molecule has 1 saturated heterocycles. The topological polar surface area (TPSA) is 50.1 Å². The smallest absolute Gasteiger partial charge is 0.355 e. The number of hydrogen-bond acceptors (Lipinski definition) is 5. The summed E-state index contributed by atoms with van der Waals surface area (Å²) in [6, 6.07) is 9.53. The summed E-state index contributed by atoms with van der Waals surface area (Å²) in [4.78, 5) is 8.18. The van der Waals surface area contributed by atoms with Crippen molar-refractivity contribution >= 4 is 17.4 Å². The highest BCUT2D eigenvalue weighted by atomic mass is 35.5. The van der Waals surface area contributed by atoms with E-state index in [1.54, 1.807) is 12.1 Å². The second-order valence-corrected chi connectivity index (χ2v) is 10.4. The van der Waals surface area contributed by atoms with Crippen LogP contribution in [0.3, 0.4) is 0 Å². The van der Waals surface area contributed by atoms with E-state index in [4.69, 9.17) is 11.6 Å². The van der Waals surface area contributed by atoms with Crippen molar-refractivity contribution in [2.75, 3.05) is 24.5 Å². The molecule has 10 heteroatoms. The molecule has 6 nitrogen and oxygen atoms in total. The zero-order chi connectivity index (χ0) is 23.7. The first-order valence-corrected chi connectivity index (χ1v) is 11.8. The molecule has 1 aromatic carbocycles. The number of fused-ring (bicyclic) bond motifs is 3. The first-order chi connectivity index (χ1) is 16.2. The van der Waals surface area contributed by atoms with Gasteiger partial charge in [-0.25, -0.2) is 4.98 Å². The second kappa shape index (κ2) is 7.68. The Labute approximate surface area is 200 Å². The Hall–Kier alpha value is -2.65. The van der Waals surface area contributed by atoms with Crippen molar-refractivity contribution in [2.45, 2.75) is 44.9 Å². The summed E-state index contributed by atoms with van der Waals surface area (Å²) in [5.74, 6) is 2.61. The van der Waals surface area contributed by atoms with Gasteiger partial charge in [-0.05, 0) is 55.2 Å². The number of benzene rings is 1. The van der Waals surface area contributed by atoms with Crippen LogP contribution < -0.4 is 4.90 Å². The van der Waals surface area contributed by atoms with Gasteiger partial charge in [-0.2, -0.15) is 13.2 Å². The van der Waals surface area contributed by atoms with Crippen molar-refractivity contribution < 1.29 is 13.2 Å². The van der Waals surface area contributed by atoms with E-state index in [2.05, 4.69) is 32.2 Å². The van der Waals surface area contributed by atoms with Crippen LogP contribution >= 0.6 is 11.6 Å². The Morgan fingerprint density at radius 3 is 2.59 bits per heavy atom. The van der Waals surface area contributed by atoms with Crippen LogP contribution in [0.2, 0.25) is 5.02 Å². The summed E-state index contributed by atoms with van der Waals surface area (Å²) < 4.78 is 41.5. The van der Waals surface area contributed by atoms with Crippen LogP contribution in [0.25, 0.3) is 5.69 Å². The molecule has 1 aliphatic carbocycles. The highest BCUT2D eigenvalue weighted by Gasteiger charge is 2.54. The van der Waals surface area contributed by atoms with Gasteiger partial charge in [0.1, 0.15) is 11.6 Å². The summed E-state index contributed by atoms with van der Waals surface area (Å²) in [5, 5.41) is 9.31. The number of hydrogen-bond donors (Lipinski definition) is 0. The van der Waals surface area contributed by atoms with Gasteiger partial charge in [-0.15, -0.1) is 10.2 Å². The van der Waals surface area contributed by atoms with Crippen molar-refractivity contribution in [3.63, 3.8) is 0 Å². The minimum absolute atomic E-state index is 0.0868. The molecule has 2 aromatic heterocycles. The Morgan fingerprint density at radius 2 is 1.88 bits per heavy atom. The third kappa shape index (κ3) is 3.84. The van der Waals surface area contributed by atoms with E-state index in [0.29, 0.717) is 10.8 Å². The number of halogens is 4. The van der Waals surface area contributed by atoms with Crippen LogP contribution in [0.15, 0.2) is 36.5 Å². The molecule has 2 aliphatic heterocycles. The molecule has 0 N–H and O–H groups in total. The van der Waals surface area contributed by atoms with Gasteiger partial charge in [0.25, 0.3) is 0 Å². The fourth-order valence-corrected chi connectivity index (χ4v) is 5.91. The summed E-state index contributed by atoms with van der Waals surface area (Å²) in [7, 11) is 0. The molecular formula is C24H24ClF3N6. The van der Waals surface area contributed by atoms with Crippen LogP contribution in [0.4, 0.5) is 19.0 Å². The maximum atomic E-state index is 13.2. The van der Waals surface area contributed by atoms with Crippen LogP contribution in [0.1, 0.15) is 41.5 Å². The fraction of sp³-hybridized carbons (Fsp3) is 0.458. The predicted octanol–water partition coefficient (Wildman–Crippen LogP) is 4.89. The summed E-state index contributed by atoms with van der Waals surface area (Å²) in [5.41, 5.74) is 2.97. The number of anilines is 1. The quantitative estimate of drug-likeness (QED) is 0.525. The van der Waals surface area contributed by atoms with E-state index < -0.39 is 12.7 Å². The monoisotopic (exact) mass is 488 g/mol. The zero-order valence-corrected chi connectivity index (χ0v) is 19.4. The molecule has 0 amide bonds. The summed E-state index contributed by atoms with van der Waals surface area (Å²) in [6.07, 6.45) is -0.425. The van der Waals surface area contributed by atoms with Crippen LogP contribution in [0.5, 0.6) is 0 Å². The van der Waals surface area contributed by atoms with E-state index in [-0.39, 0.29) is 24.4 Å². The summed E-state index contributed by atoms with van der Waals surface area (Å²) in [6.45, 7) is 3.20. The van der Waals surface area contributed by atoms with E-state index in [0.717, 1.165) is 54.4 Å². The lowest BCUT2D eigenvalue weighted by molar-refractivity contribution is -0.148. The van der Waals surface area contributed by atoms with Gasteiger partial charge < -0.3 is 4.90 Å². The lowest BCUT2D eigenvalue weighted by Gasteiger charge is -2.59. The number of aryl methyl sites for hydroxylation is 1. The van der Waals surface area contributed by atoms with E-state index >= 15 is 0 Å². The van der Waals surface area contributed by atoms with Gasteiger partial charge in [-0.3, -0.25) is 9.47 Å². The lowest BCUT2D eigenvalue weighted by atomic mass is 9.57. The molecule has 0 bridgehead atoms. The third-order valence-corrected chi connectivity index (χ3v) is 7.43. The minimum atomic E-state index is -4.29. The van der Waals surface area contributed by atoms with Gasteiger partial charge in [-0.1, -0.05) is 17.7 Å². The first-order valence-electron chi connectivity index (χ1n) is 11.4. The molecule has 3 aliphatic rings. The molecule has 6 rings (SSSR count). The molecule has 1 saturated carbocycles. The molecule has 3 aromatic rings. The second-order valence-electron chi connectivity index (χ2n) is 10.00. The summed E-state index contributed by atoms with van der Waals surface area (Å²) >= 11 is 6.20. The Balaban J connectivity index is 1.24.